The third kappa shape index (κ3) is 4.27. The zero-order valence-electron chi connectivity index (χ0n) is 17.5. The summed E-state index contributed by atoms with van der Waals surface area (Å²) in [6.45, 7) is 0. The Bertz CT molecular complexity index is 1510. The third-order valence-corrected chi connectivity index (χ3v) is 6.52. The van der Waals surface area contributed by atoms with E-state index in [4.69, 9.17) is 0 Å². The number of aromatic nitrogens is 4. The topological polar surface area (TPSA) is 81.8 Å². The second kappa shape index (κ2) is 8.48. The van der Waals surface area contributed by atoms with Gasteiger partial charge >= 0.3 is 6.18 Å². The summed E-state index contributed by atoms with van der Waals surface area (Å²) in [6.07, 6.45) is -3.79. The lowest BCUT2D eigenvalue weighted by Crippen LogP contribution is -2.27. The van der Waals surface area contributed by atoms with Crippen LogP contribution in [0.25, 0.3) is 16.7 Å². The highest BCUT2D eigenvalue weighted by Gasteiger charge is 2.34. The summed E-state index contributed by atoms with van der Waals surface area (Å²) in [6, 6.07) is 7.07. The van der Waals surface area contributed by atoms with Crippen LogP contribution in [0.2, 0.25) is 0 Å². The average molecular weight is 507 g/mol. The van der Waals surface area contributed by atoms with Crippen LogP contribution in [0.5, 0.6) is 0 Å². The second-order valence-electron chi connectivity index (χ2n) is 7.75. The second-order valence-corrected chi connectivity index (χ2v) is 8.74. The molecule has 1 aliphatic heterocycles. The van der Waals surface area contributed by atoms with Crippen LogP contribution in [0.1, 0.15) is 18.0 Å². The highest BCUT2D eigenvalue weighted by molar-refractivity contribution is 7.99. The Morgan fingerprint density at radius 1 is 1.14 bits per heavy atom. The van der Waals surface area contributed by atoms with Crippen molar-refractivity contribution in [3.63, 3.8) is 0 Å². The molecule has 1 unspecified atom stereocenters. The van der Waals surface area contributed by atoms with Gasteiger partial charge in [0.05, 0.1) is 23.5 Å². The minimum absolute atomic E-state index is 0.194. The van der Waals surface area contributed by atoms with Gasteiger partial charge in [0.1, 0.15) is 17.0 Å². The minimum Gasteiger partial charge on any atom is -0.326 e. The lowest BCUT2D eigenvalue weighted by molar-refractivity contribution is -0.140. The van der Waals surface area contributed by atoms with E-state index in [0.29, 0.717) is 28.7 Å². The van der Waals surface area contributed by atoms with Crippen LogP contribution in [0.15, 0.2) is 58.6 Å². The number of amides is 1. The number of halogens is 5. The lowest BCUT2D eigenvalue weighted by atomic mass is 10.1. The van der Waals surface area contributed by atoms with Gasteiger partial charge in [-0.1, -0.05) is 11.8 Å². The van der Waals surface area contributed by atoms with Crippen LogP contribution >= 0.6 is 11.8 Å². The zero-order valence-corrected chi connectivity index (χ0v) is 18.3. The van der Waals surface area contributed by atoms with Gasteiger partial charge in [-0.15, -0.1) is 0 Å². The number of hydrogen-bond acceptors (Lipinski definition) is 5. The van der Waals surface area contributed by atoms with Gasteiger partial charge in [-0.2, -0.15) is 18.3 Å². The molecular formula is C22H14F5N5O2S. The molecule has 2 aromatic carbocycles. The van der Waals surface area contributed by atoms with E-state index in [0.717, 1.165) is 6.07 Å². The van der Waals surface area contributed by atoms with Gasteiger partial charge in [-0.3, -0.25) is 14.2 Å². The number of anilines is 1. The number of fused-ring (bicyclic) bond motifs is 2. The van der Waals surface area contributed by atoms with E-state index in [-0.39, 0.29) is 23.1 Å². The molecule has 1 atom stereocenters. The molecule has 180 valence electrons. The molecule has 0 saturated heterocycles. The Balaban J connectivity index is 1.40. The van der Waals surface area contributed by atoms with E-state index in [1.54, 1.807) is 0 Å². The van der Waals surface area contributed by atoms with Crippen molar-refractivity contribution < 1.29 is 26.7 Å². The molecular weight excluding hydrogens is 493 g/mol. The van der Waals surface area contributed by atoms with Crippen molar-refractivity contribution >= 4 is 34.4 Å². The number of benzene rings is 2. The average Bonchev–Trinajstić information content (AvgIpc) is 3.40. The molecule has 1 N–H and O–H groups in total. The molecule has 35 heavy (non-hydrogen) atoms. The molecule has 4 aromatic rings. The number of hydrogen-bond donors (Lipinski definition) is 1. The number of carbonyl (C=O) groups excluding carboxylic acids is 1. The minimum atomic E-state index is -4.91. The van der Waals surface area contributed by atoms with Crippen molar-refractivity contribution in [1.29, 1.82) is 0 Å². The molecule has 0 spiro atoms. The Hall–Kier alpha value is -3.74. The molecule has 1 amide bonds. The van der Waals surface area contributed by atoms with Crippen LogP contribution in [-0.2, 0) is 11.0 Å². The molecule has 7 nitrogen and oxygen atoms in total. The number of nitrogens with one attached hydrogen (secondary N) is 1. The van der Waals surface area contributed by atoms with E-state index in [1.165, 1.54) is 51.5 Å². The monoisotopic (exact) mass is 507 g/mol. The Morgan fingerprint density at radius 2 is 1.89 bits per heavy atom. The Kier molecular flexibility index (Phi) is 5.58. The standard InChI is InChI=1S/C22H14F5N5O2S/c23-11-1-4-13(5-2-11)32-19-15(9-28-32)20(34)31-14(10-35-21(31)30-19)8-18(33)29-12-3-6-17(24)16(7-12)22(25,26)27/h1-7,9,14H,8,10H2,(H,29,33). The van der Waals surface area contributed by atoms with E-state index >= 15 is 0 Å². The number of nitrogens with zero attached hydrogens (tertiary/aromatic N) is 4. The van der Waals surface area contributed by atoms with E-state index in [2.05, 4.69) is 15.4 Å². The third-order valence-electron chi connectivity index (χ3n) is 5.42. The van der Waals surface area contributed by atoms with Crippen molar-refractivity contribution in [2.24, 2.45) is 0 Å². The maximum Gasteiger partial charge on any atom is 0.419 e. The quantitative estimate of drug-likeness (QED) is 0.324. The molecule has 1 aliphatic rings. The summed E-state index contributed by atoms with van der Waals surface area (Å²) in [5.74, 6) is -2.17. The molecule has 0 fully saturated rings. The highest BCUT2D eigenvalue weighted by Crippen LogP contribution is 2.35. The van der Waals surface area contributed by atoms with Crippen LogP contribution < -0.4 is 10.9 Å². The Morgan fingerprint density at radius 3 is 2.60 bits per heavy atom. The molecule has 2 aromatic heterocycles. The SMILES string of the molecule is O=C(CC1CSc2nc3c(cnn3-c3ccc(F)cc3)c(=O)n21)Nc1ccc(F)c(C(F)(F)F)c1. The highest BCUT2D eigenvalue weighted by atomic mass is 32.2. The summed E-state index contributed by atoms with van der Waals surface area (Å²) in [4.78, 5) is 30.2. The molecule has 0 radical (unpaired) electrons. The number of thioether (sulfide) groups is 1. The summed E-state index contributed by atoms with van der Waals surface area (Å²) in [7, 11) is 0. The number of carbonyl (C=O) groups is 1. The van der Waals surface area contributed by atoms with Crippen LogP contribution in [0, 0.1) is 11.6 Å². The first kappa shape index (κ1) is 23.0. The first-order valence-corrected chi connectivity index (χ1v) is 11.2. The van der Waals surface area contributed by atoms with Gasteiger partial charge in [-0.05, 0) is 42.5 Å². The van der Waals surface area contributed by atoms with Crippen LogP contribution in [0.3, 0.4) is 0 Å². The molecule has 0 aliphatic carbocycles. The van der Waals surface area contributed by atoms with Crippen molar-refractivity contribution in [3.8, 4) is 5.69 Å². The smallest absolute Gasteiger partial charge is 0.326 e. The fourth-order valence-corrected chi connectivity index (χ4v) is 4.93. The van der Waals surface area contributed by atoms with Crippen molar-refractivity contribution in [2.75, 3.05) is 11.1 Å². The fraction of sp³-hybridized carbons (Fsp3) is 0.182. The largest absolute Gasteiger partial charge is 0.419 e. The molecule has 0 saturated carbocycles. The van der Waals surface area contributed by atoms with Crippen LogP contribution in [-0.4, -0.2) is 31.0 Å². The molecule has 5 rings (SSSR count). The maximum absolute atomic E-state index is 13.5. The van der Waals surface area contributed by atoms with Gasteiger partial charge in [-0.25, -0.2) is 18.4 Å². The fourth-order valence-electron chi connectivity index (χ4n) is 3.80. The maximum atomic E-state index is 13.5. The first-order valence-electron chi connectivity index (χ1n) is 10.2. The van der Waals surface area contributed by atoms with Crippen molar-refractivity contribution in [1.82, 2.24) is 19.3 Å². The Labute approximate surface area is 197 Å². The number of alkyl halides is 3. The summed E-state index contributed by atoms with van der Waals surface area (Å²) >= 11 is 1.24. The molecule has 3 heterocycles. The van der Waals surface area contributed by atoms with Gasteiger partial charge in [0.2, 0.25) is 5.91 Å². The van der Waals surface area contributed by atoms with Crippen LogP contribution in [0.4, 0.5) is 27.6 Å². The number of rotatable bonds is 4. The van der Waals surface area contributed by atoms with E-state index < -0.39 is 40.9 Å². The van der Waals surface area contributed by atoms with Crippen molar-refractivity contribution in [2.45, 2.75) is 23.8 Å². The van der Waals surface area contributed by atoms with Crippen molar-refractivity contribution in [3.05, 3.63) is 76.2 Å². The first-order chi connectivity index (χ1) is 16.6. The van der Waals surface area contributed by atoms with Gasteiger partial charge in [0.15, 0.2) is 10.8 Å². The summed E-state index contributed by atoms with van der Waals surface area (Å²) < 4.78 is 68.3. The lowest BCUT2D eigenvalue weighted by Gasteiger charge is -2.14. The van der Waals surface area contributed by atoms with E-state index in [9.17, 15) is 31.5 Å². The molecule has 0 bridgehead atoms. The predicted octanol–water partition coefficient (Wildman–Crippen LogP) is 4.55. The summed E-state index contributed by atoms with van der Waals surface area (Å²) in [5.41, 5.74) is -1.34. The normalized spacial score (nSPS) is 15.4. The van der Waals surface area contributed by atoms with E-state index in [1.807, 2.05) is 0 Å². The van der Waals surface area contributed by atoms with Gasteiger partial charge in [0.25, 0.3) is 5.56 Å². The van der Waals surface area contributed by atoms with Gasteiger partial charge in [0, 0.05) is 17.9 Å². The predicted molar refractivity (Wildman–Crippen MR) is 117 cm³/mol. The zero-order chi connectivity index (χ0) is 24.9. The van der Waals surface area contributed by atoms with Gasteiger partial charge < -0.3 is 5.32 Å². The molecule has 13 heteroatoms. The summed E-state index contributed by atoms with van der Waals surface area (Å²) in [5, 5.41) is 7.06.